The van der Waals surface area contributed by atoms with Gasteiger partial charge in [-0.3, -0.25) is 4.79 Å². The highest BCUT2D eigenvalue weighted by Crippen LogP contribution is 2.10. The summed E-state index contributed by atoms with van der Waals surface area (Å²) in [7, 11) is 0. The molecule has 1 amide bonds. The number of hydrogen-bond donors (Lipinski definition) is 2. The summed E-state index contributed by atoms with van der Waals surface area (Å²) in [5, 5.41) is 9.14. The van der Waals surface area contributed by atoms with Crippen LogP contribution in [0.5, 0.6) is 0 Å². The quantitative estimate of drug-likeness (QED) is 0.650. The Morgan fingerprint density at radius 3 is 2.43 bits per heavy atom. The molecule has 0 aliphatic heterocycles. The highest BCUT2D eigenvalue weighted by molar-refractivity contribution is 5.94. The number of aliphatic hydroxyl groups is 1. The summed E-state index contributed by atoms with van der Waals surface area (Å²) >= 11 is 0. The fourth-order valence-electron chi connectivity index (χ4n) is 2.33. The van der Waals surface area contributed by atoms with Crippen molar-refractivity contribution in [2.24, 2.45) is 5.73 Å². The molecule has 0 aromatic heterocycles. The van der Waals surface area contributed by atoms with Crippen LogP contribution >= 0.6 is 0 Å². The molecule has 21 heavy (non-hydrogen) atoms. The Balaban J connectivity index is 2.61. The average Bonchev–Trinajstić information content (AvgIpc) is 2.51. The number of nitrogens with two attached hydrogens (primary N) is 1. The van der Waals surface area contributed by atoms with Crippen LogP contribution in [0.25, 0.3) is 0 Å². The van der Waals surface area contributed by atoms with Crippen LogP contribution in [0.1, 0.15) is 48.5 Å². The minimum Gasteiger partial charge on any atom is -0.395 e. The second-order valence-electron chi connectivity index (χ2n) is 5.31. The molecule has 1 aromatic carbocycles. The predicted octanol–water partition coefficient (Wildman–Crippen LogP) is 2.20. The van der Waals surface area contributed by atoms with Gasteiger partial charge in [0.2, 0.25) is 0 Å². The largest absolute Gasteiger partial charge is 0.395 e. The summed E-state index contributed by atoms with van der Waals surface area (Å²) < 4.78 is 0. The third kappa shape index (κ3) is 6.27. The van der Waals surface area contributed by atoms with E-state index >= 15 is 0 Å². The highest BCUT2D eigenvalue weighted by Gasteiger charge is 2.14. The lowest BCUT2D eigenvalue weighted by atomic mass is 10.1. The van der Waals surface area contributed by atoms with Gasteiger partial charge in [-0.2, -0.15) is 0 Å². The van der Waals surface area contributed by atoms with Gasteiger partial charge in [0.05, 0.1) is 6.61 Å². The standard InChI is InChI=1S/C17H28N2O2/c1-2-3-4-5-12-19(13-14-20)17(21)16-8-6-15(7-9-16)10-11-18/h6-9,20H,2-5,10-14,18H2,1H3. The average molecular weight is 292 g/mol. The summed E-state index contributed by atoms with van der Waals surface area (Å²) in [6, 6.07) is 7.61. The van der Waals surface area contributed by atoms with Gasteiger partial charge in [0.1, 0.15) is 0 Å². The summed E-state index contributed by atoms with van der Waals surface area (Å²) in [4.78, 5) is 14.2. The second kappa shape index (κ2) is 10.4. The number of benzene rings is 1. The molecular weight excluding hydrogens is 264 g/mol. The topological polar surface area (TPSA) is 66.6 Å². The Labute approximate surface area is 128 Å². The number of amides is 1. The first-order valence-electron chi connectivity index (χ1n) is 7.92. The van der Waals surface area contributed by atoms with Gasteiger partial charge in [-0.15, -0.1) is 0 Å². The van der Waals surface area contributed by atoms with Crippen molar-refractivity contribution in [3.8, 4) is 0 Å². The van der Waals surface area contributed by atoms with Crippen LogP contribution in [-0.2, 0) is 6.42 Å². The minimum atomic E-state index is -0.000142. The first-order chi connectivity index (χ1) is 10.2. The Hall–Kier alpha value is -1.39. The van der Waals surface area contributed by atoms with Crippen LogP contribution in [0, 0.1) is 0 Å². The third-order valence-corrected chi connectivity index (χ3v) is 3.57. The highest BCUT2D eigenvalue weighted by atomic mass is 16.3. The lowest BCUT2D eigenvalue weighted by Crippen LogP contribution is -2.34. The molecular formula is C17H28N2O2. The molecule has 4 heteroatoms. The van der Waals surface area contributed by atoms with Crippen molar-refractivity contribution >= 4 is 5.91 Å². The van der Waals surface area contributed by atoms with Crippen LogP contribution in [0.15, 0.2) is 24.3 Å². The number of carbonyl (C=O) groups is 1. The van der Waals surface area contributed by atoms with Crippen LogP contribution < -0.4 is 5.73 Å². The summed E-state index contributed by atoms with van der Waals surface area (Å²) in [6.45, 7) is 3.89. The van der Waals surface area contributed by atoms with Gasteiger partial charge >= 0.3 is 0 Å². The van der Waals surface area contributed by atoms with Crippen LogP contribution in [0.4, 0.5) is 0 Å². The molecule has 1 rings (SSSR count). The maximum absolute atomic E-state index is 12.5. The van der Waals surface area contributed by atoms with Gasteiger partial charge in [-0.25, -0.2) is 0 Å². The van der Waals surface area contributed by atoms with Crippen LogP contribution in [-0.4, -0.2) is 42.2 Å². The summed E-state index contributed by atoms with van der Waals surface area (Å²) in [5.41, 5.74) is 7.35. The van der Waals surface area contributed by atoms with Crippen molar-refractivity contribution in [1.29, 1.82) is 0 Å². The molecule has 0 unspecified atom stereocenters. The molecule has 0 fully saturated rings. The molecule has 0 aliphatic carbocycles. The van der Waals surface area contributed by atoms with Crippen molar-refractivity contribution in [2.75, 3.05) is 26.2 Å². The van der Waals surface area contributed by atoms with Gasteiger partial charge in [0.25, 0.3) is 5.91 Å². The summed E-state index contributed by atoms with van der Waals surface area (Å²) in [5.74, 6) is -0.000142. The number of rotatable bonds is 10. The predicted molar refractivity (Wildman–Crippen MR) is 86.3 cm³/mol. The smallest absolute Gasteiger partial charge is 0.253 e. The van der Waals surface area contributed by atoms with E-state index in [1.165, 1.54) is 12.8 Å². The van der Waals surface area contributed by atoms with Gasteiger partial charge < -0.3 is 15.7 Å². The number of nitrogens with zero attached hydrogens (tertiary/aromatic N) is 1. The van der Waals surface area contributed by atoms with Crippen molar-refractivity contribution < 1.29 is 9.90 Å². The van der Waals surface area contributed by atoms with E-state index in [1.807, 2.05) is 24.3 Å². The van der Waals surface area contributed by atoms with E-state index in [4.69, 9.17) is 10.8 Å². The van der Waals surface area contributed by atoms with E-state index < -0.39 is 0 Å². The third-order valence-electron chi connectivity index (χ3n) is 3.57. The number of unbranched alkanes of at least 4 members (excludes halogenated alkanes) is 3. The zero-order chi connectivity index (χ0) is 15.5. The van der Waals surface area contributed by atoms with Crippen LogP contribution in [0.2, 0.25) is 0 Å². The SMILES string of the molecule is CCCCCCN(CCO)C(=O)c1ccc(CCN)cc1. The molecule has 118 valence electrons. The van der Waals surface area contributed by atoms with E-state index in [0.717, 1.165) is 24.8 Å². The van der Waals surface area contributed by atoms with Gasteiger partial charge in [-0.1, -0.05) is 38.3 Å². The van der Waals surface area contributed by atoms with Crippen molar-refractivity contribution in [3.05, 3.63) is 35.4 Å². The second-order valence-corrected chi connectivity index (χ2v) is 5.31. The molecule has 0 saturated heterocycles. The maximum atomic E-state index is 12.5. The fourth-order valence-corrected chi connectivity index (χ4v) is 2.33. The molecule has 0 saturated carbocycles. The molecule has 4 nitrogen and oxygen atoms in total. The monoisotopic (exact) mass is 292 g/mol. The first-order valence-corrected chi connectivity index (χ1v) is 7.92. The van der Waals surface area contributed by atoms with Crippen molar-refractivity contribution in [3.63, 3.8) is 0 Å². The molecule has 0 radical (unpaired) electrons. The molecule has 0 spiro atoms. The lowest BCUT2D eigenvalue weighted by molar-refractivity contribution is 0.0718. The Bertz CT molecular complexity index is 404. The summed E-state index contributed by atoms with van der Waals surface area (Å²) in [6.07, 6.45) is 5.31. The lowest BCUT2D eigenvalue weighted by Gasteiger charge is -2.22. The molecule has 3 N–H and O–H groups in total. The van der Waals surface area contributed by atoms with Crippen molar-refractivity contribution in [2.45, 2.75) is 39.0 Å². The molecule has 1 aromatic rings. The Morgan fingerprint density at radius 2 is 1.86 bits per heavy atom. The normalized spacial score (nSPS) is 10.6. The zero-order valence-corrected chi connectivity index (χ0v) is 13.1. The molecule has 0 atom stereocenters. The Kier molecular flexibility index (Phi) is 8.71. The van der Waals surface area contributed by atoms with Crippen LogP contribution in [0.3, 0.4) is 0 Å². The number of hydrogen-bond acceptors (Lipinski definition) is 3. The maximum Gasteiger partial charge on any atom is 0.253 e. The van der Waals surface area contributed by atoms with Gasteiger partial charge in [0.15, 0.2) is 0 Å². The minimum absolute atomic E-state index is 0.000142. The Morgan fingerprint density at radius 1 is 1.14 bits per heavy atom. The molecule has 0 heterocycles. The van der Waals surface area contributed by atoms with Crippen molar-refractivity contribution in [1.82, 2.24) is 4.90 Å². The molecule has 0 bridgehead atoms. The van der Waals surface area contributed by atoms with E-state index in [0.29, 0.717) is 25.2 Å². The van der Waals surface area contributed by atoms with Gasteiger partial charge in [0, 0.05) is 18.7 Å². The first kappa shape index (κ1) is 17.7. The van der Waals surface area contributed by atoms with E-state index in [1.54, 1.807) is 4.90 Å². The number of carbonyl (C=O) groups excluding carboxylic acids is 1. The number of aliphatic hydroxyl groups excluding tert-OH is 1. The zero-order valence-electron chi connectivity index (χ0n) is 13.1. The van der Waals surface area contributed by atoms with Gasteiger partial charge in [-0.05, 0) is 37.1 Å². The molecule has 0 aliphatic rings. The van der Waals surface area contributed by atoms with E-state index in [9.17, 15) is 4.79 Å². The van der Waals surface area contributed by atoms with E-state index in [-0.39, 0.29) is 12.5 Å². The van der Waals surface area contributed by atoms with E-state index in [2.05, 4.69) is 6.92 Å². The fraction of sp³-hybridized carbons (Fsp3) is 0.588.